The van der Waals surface area contributed by atoms with Crippen LogP contribution in [0.2, 0.25) is 0 Å². The van der Waals surface area contributed by atoms with Crippen LogP contribution in [-0.2, 0) is 21.2 Å². The van der Waals surface area contributed by atoms with Crippen LogP contribution in [0, 0.1) is 0 Å². The molecule has 0 aliphatic carbocycles. The second-order valence-corrected chi connectivity index (χ2v) is 6.75. The topological polar surface area (TPSA) is 121 Å². The normalized spacial score (nSPS) is 12.5. The average Bonchev–Trinajstić information content (AvgIpc) is 2.55. The highest BCUT2D eigenvalue weighted by Crippen LogP contribution is 2.13. The lowest BCUT2D eigenvalue weighted by atomic mass is 10.1. The quantitative estimate of drug-likeness (QED) is 0.694. The summed E-state index contributed by atoms with van der Waals surface area (Å²) in [6.07, 6.45) is -0.0337. The number of sulfonamides is 1. The Labute approximate surface area is 138 Å². The second kappa shape index (κ2) is 7.24. The zero-order valence-corrected chi connectivity index (χ0v) is 13.2. The van der Waals surface area contributed by atoms with Gasteiger partial charge >= 0.3 is 11.9 Å². The van der Waals surface area contributed by atoms with Crippen molar-refractivity contribution in [2.24, 2.45) is 0 Å². The van der Waals surface area contributed by atoms with E-state index in [2.05, 4.69) is 4.72 Å². The predicted octanol–water partition coefficient (Wildman–Crippen LogP) is 1.36. The first-order chi connectivity index (χ1) is 11.3. The summed E-state index contributed by atoms with van der Waals surface area (Å²) < 4.78 is 26.8. The lowest BCUT2D eigenvalue weighted by Gasteiger charge is -2.15. The SMILES string of the molecule is O=C(O)c1cccc(S(=O)(=O)N[C@H](Cc2ccccc2)C(=O)O)c1. The zero-order chi connectivity index (χ0) is 17.7. The van der Waals surface area contributed by atoms with Crippen molar-refractivity contribution < 1.29 is 28.2 Å². The molecular formula is C16H15NO6S. The summed E-state index contributed by atoms with van der Waals surface area (Å²) in [5.41, 5.74) is 0.458. The van der Waals surface area contributed by atoms with E-state index in [1.807, 2.05) is 0 Å². The first-order valence-corrected chi connectivity index (χ1v) is 8.40. The molecular weight excluding hydrogens is 334 g/mol. The van der Waals surface area contributed by atoms with Gasteiger partial charge in [0.1, 0.15) is 6.04 Å². The van der Waals surface area contributed by atoms with Gasteiger partial charge in [0, 0.05) is 0 Å². The van der Waals surface area contributed by atoms with E-state index in [-0.39, 0.29) is 16.9 Å². The summed E-state index contributed by atoms with van der Waals surface area (Å²) in [5, 5.41) is 18.2. The second-order valence-electron chi connectivity index (χ2n) is 5.03. The first-order valence-electron chi connectivity index (χ1n) is 6.92. The van der Waals surface area contributed by atoms with Crippen LogP contribution in [-0.4, -0.2) is 36.6 Å². The van der Waals surface area contributed by atoms with Crippen molar-refractivity contribution in [1.29, 1.82) is 0 Å². The van der Waals surface area contributed by atoms with Crippen molar-refractivity contribution in [3.63, 3.8) is 0 Å². The third-order valence-electron chi connectivity index (χ3n) is 3.27. The van der Waals surface area contributed by atoms with E-state index in [0.29, 0.717) is 5.56 Å². The molecule has 0 unspecified atom stereocenters. The number of benzene rings is 2. The van der Waals surface area contributed by atoms with Crippen molar-refractivity contribution in [2.75, 3.05) is 0 Å². The first kappa shape index (κ1) is 17.6. The Morgan fingerprint density at radius 3 is 2.25 bits per heavy atom. The fourth-order valence-corrected chi connectivity index (χ4v) is 3.32. The molecule has 0 aliphatic rings. The molecule has 0 amide bonds. The fraction of sp³-hybridized carbons (Fsp3) is 0.125. The fourth-order valence-electron chi connectivity index (χ4n) is 2.08. The monoisotopic (exact) mass is 349 g/mol. The van der Waals surface area contributed by atoms with Gasteiger partial charge in [0.05, 0.1) is 10.5 Å². The summed E-state index contributed by atoms with van der Waals surface area (Å²) >= 11 is 0. The number of hydrogen-bond acceptors (Lipinski definition) is 4. The van der Waals surface area contributed by atoms with Crippen LogP contribution in [0.15, 0.2) is 59.5 Å². The molecule has 0 saturated heterocycles. The summed E-state index contributed by atoms with van der Waals surface area (Å²) in [6.45, 7) is 0. The highest BCUT2D eigenvalue weighted by atomic mass is 32.2. The number of nitrogens with one attached hydrogen (secondary N) is 1. The van der Waals surface area contributed by atoms with Crippen molar-refractivity contribution in [3.05, 3.63) is 65.7 Å². The maximum atomic E-state index is 12.3. The molecule has 1 atom stereocenters. The van der Waals surface area contributed by atoms with Crippen LogP contribution in [0.25, 0.3) is 0 Å². The third kappa shape index (κ3) is 4.40. The number of carbonyl (C=O) groups is 2. The number of carboxylic acids is 2. The van der Waals surface area contributed by atoms with Gasteiger partial charge in [0.25, 0.3) is 0 Å². The molecule has 0 saturated carbocycles. The molecule has 0 radical (unpaired) electrons. The third-order valence-corrected chi connectivity index (χ3v) is 4.74. The molecule has 24 heavy (non-hydrogen) atoms. The Bertz CT molecular complexity index is 848. The molecule has 126 valence electrons. The molecule has 0 aromatic heterocycles. The van der Waals surface area contributed by atoms with Gasteiger partial charge in [-0.2, -0.15) is 4.72 Å². The predicted molar refractivity (Wildman–Crippen MR) is 85.3 cm³/mol. The summed E-state index contributed by atoms with van der Waals surface area (Å²) in [6, 6.07) is 11.9. The van der Waals surface area contributed by atoms with Gasteiger partial charge in [0.2, 0.25) is 10.0 Å². The minimum Gasteiger partial charge on any atom is -0.480 e. The minimum atomic E-state index is -4.17. The van der Waals surface area contributed by atoms with Crippen LogP contribution in [0.3, 0.4) is 0 Å². The number of carboxylic acid groups (broad SMARTS) is 2. The Balaban J connectivity index is 2.26. The number of hydrogen-bond donors (Lipinski definition) is 3. The zero-order valence-electron chi connectivity index (χ0n) is 12.4. The molecule has 2 rings (SSSR count). The van der Waals surface area contributed by atoms with Crippen molar-refractivity contribution in [2.45, 2.75) is 17.4 Å². The highest BCUT2D eigenvalue weighted by molar-refractivity contribution is 7.89. The smallest absolute Gasteiger partial charge is 0.335 e. The van der Waals surface area contributed by atoms with Gasteiger partial charge in [-0.1, -0.05) is 36.4 Å². The summed E-state index contributed by atoms with van der Waals surface area (Å²) in [5.74, 6) is -2.59. The van der Waals surface area contributed by atoms with E-state index in [1.165, 1.54) is 18.2 Å². The summed E-state index contributed by atoms with van der Waals surface area (Å²) in [4.78, 5) is 22.0. The molecule has 0 bridgehead atoms. The van der Waals surface area contributed by atoms with Crippen LogP contribution < -0.4 is 4.72 Å². The van der Waals surface area contributed by atoms with Crippen molar-refractivity contribution >= 4 is 22.0 Å². The van der Waals surface area contributed by atoms with E-state index in [1.54, 1.807) is 30.3 Å². The lowest BCUT2D eigenvalue weighted by molar-refractivity contribution is -0.138. The van der Waals surface area contributed by atoms with Crippen molar-refractivity contribution in [3.8, 4) is 0 Å². The van der Waals surface area contributed by atoms with E-state index >= 15 is 0 Å². The molecule has 3 N–H and O–H groups in total. The molecule has 0 aliphatic heterocycles. The van der Waals surface area contributed by atoms with Crippen LogP contribution in [0.1, 0.15) is 15.9 Å². The Hall–Kier alpha value is -2.71. The Kier molecular flexibility index (Phi) is 5.32. The van der Waals surface area contributed by atoms with Crippen molar-refractivity contribution in [1.82, 2.24) is 4.72 Å². The van der Waals surface area contributed by atoms with Crippen LogP contribution >= 0.6 is 0 Å². The van der Waals surface area contributed by atoms with E-state index < -0.39 is 28.0 Å². The molecule has 2 aromatic carbocycles. The Morgan fingerprint density at radius 2 is 1.67 bits per heavy atom. The standard InChI is InChI=1S/C16H15NO6S/c18-15(19)12-7-4-8-13(10-12)24(22,23)17-14(16(20)21)9-11-5-2-1-3-6-11/h1-8,10,14,17H,9H2,(H,18,19)(H,20,21)/t14-/m1/s1. The lowest BCUT2D eigenvalue weighted by Crippen LogP contribution is -2.42. The molecule has 0 spiro atoms. The van der Waals surface area contributed by atoms with E-state index in [9.17, 15) is 23.1 Å². The van der Waals surface area contributed by atoms with Crippen LogP contribution in [0.4, 0.5) is 0 Å². The summed E-state index contributed by atoms with van der Waals surface area (Å²) in [7, 11) is -4.17. The molecule has 8 heteroatoms. The number of aromatic carboxylic acids is 1. The number of rotatable bonds is 7. The maximum Gasteiger partial charge on any atom is 0.335 e. The van der Waals surface area contributed by atoms with Gasteiger partial charge in [-0.25, -0.2) is 13.2 Å². The van der Waals surface area contributed by atoms with Crippen LogP contribution in [0.5, 0.6) is 0 Å². The maximum absolute atomic E-state index is 12.3. The van der Waals surface area contributed by atoms with Gasteiger partial charge in [-0.3, -0.25) is 4.79 Å². The minimum absolute atomic E-state index is 0.0337. The van der Waals surface area contributed by atoms with Gasteiger partial charge in [0.15, 0.2) is 0 Å². The number of aliphatic carboxylic acids is 1. The molecule has 2 aromatic rings. The largest absolute Gasteiger partial charge is 0.480 e. The van der Waals surface area contributed by atoms with Gasteiger partial charge in [-0.05, 0) is 30.2 Å². The molecule has 0 heterocycles. The van der Waals surface area contributed by atoms with Gasteiger partial charge in [-0.15, -0.1) is 0 Å². The average molecular weight is 349 g/mol. The van der Waals surface area contributed by atoms with E-state index in [0.717, 1.165) is 6.07 Å². The molecule has 0 fully saturated rings. The highest BCUT2D eigenvalue weighted by Gasteiger charge is 2.26. The van der Waals surface area contributed by atoms with E-state index in [4.69, 9.17) is 5.11 Å². The van der Waals surface area contributed by atoms with Gasteiger partial charge < -0.3 is 10.2 Å². The molecule has 7 nitrogen and oxygen atoms in total. The Morgan fingerprint density at radius 1 is 1.00 bits per heavy atom.